The first-order valence-electron chi connectivity index (χ1n) is 11.9. The molecule has 0 amide bonds. The van der Waals surface area contributed by atoms with Crippen molar-refractivity contribution < 1.29 is 42.8 Å². The summed E-state index contributed by atoms with van der Waals surface area (Å²) in [5.41, 5.74) is 1.09. The molecular weight excluding hydrogens is 519 g/mol. The predicted molar refractivity (Wildman–Crippen MR) is 139 cm³/mol. The second-order valence-corrected chi connectivity index (χ2v) is 12.0. The quantitative estimate of drug-likeness (QED) is 0.326. The Bertz CT molecular complexity index is 1380. The molecule has 2 heterocycles. The Morgan fingerprint density at radius 1 is 1.16 bits per heavy atom. The molecule has 12 heteroatoms. The molecule has 2 atom stereocenters. The number of carbonyl (C=O) groups is 2. The molecule has 1 aromatic heterocycles. The number of halogens is 1. The van der Waals surface area contributed by atoms with Crippen molar-refractivity contribution >= 4 is 33.7 Å². The Morgan fingerprint density at radius 2 is 1.87 bits per heavy atom. The van der Waals surface area contributed by atoms with E-state index in [2.05, 4.69) is 0 Å². The van der Waals surface area contributed by atoms with Gasteiger partial charge >= 0.3 is 12.1 Å². The van der Waals surface area contributed by atoms with Gasteiger partial charge in [-0.2, -0.15) is 4.31 Å². The summed E-state index contributed by atoms with van der Waals surface area (Å²) in [5, 5.41) is 19.9. The molecule has 0 radical (unpaired) electrons. The second-order valence-electron chi connectivity index (χ2n) is 10.1. The predicted octanol–water partition coefficient (Wildman–Crippen LogP) is 4.53. The first-order valence-corrected chi connectivity index (χ1v) is 13.4. The number of aliphatic hydroxyl groups excluding tert-OH is 2. The Balaban J connectivity index is 1.85. The van der Waals surface area contributed by atoms with Crippen LogP contribution in [0.3, 0.4) is 0 Å². The van der Waals surface area contributed by atoms with E-state index in [4.69, 9.17) is 9.47 Å². The largest absolute Gasteiger partial charge is 0.464 e. The minimum Gasteiger partial charge on any atom is -0.464 e. The number of β-amino-alcohol motifs (C(OH)–C–C–N with tert-alkyl or cyclic N) is 1. The molecule has 10 nitrogen and oxygen atoms in total. The maximum atomic E-state index is 14.2. The molecule has 38 heavy (non-hydrogen) atoms. The summed E-state index contributed by atoms with van der Waals surface area (Å²) in [4.78, 5) is 24.7. The highest BCUT2D eigenvalue weighted by atomic mass is 32.3. The van der Waals surface area contributed by atoms with Gasteiger partial charge in [0, 0.05) is 30.6 Å². The SMILES string of the molecule is CC(=O)OCC1c2cc(-c3cn(C(=O)OC(C)(C)C)c4cc(F)ccc34)ccc2S(O)(O)N1CC(O)CO. The lowest BCUT2D eigenvalue weighted by Crippen LogP contribution is -2.37. The number of esters is 1. The van der Waals surface area contributed by atoms with Crippen LogP contribution >= 0.6 is 10.8 Å². The Morgan fingerprint density at radius 3 is 2.50 bits per heavy atom. The summed E-state index contributed by atoms with van der Waals surface area (Å²) >= 11 is 0. The molecular formula is C26H31FN2O8S. The van der Waals surface area contributed by atoms with Crippen molar-refractivity contribution in [2.24, 2.45) is 0 Å². The number of carbonyl (C=O) groups excluding carboxylic acids is 2. The Hall–Kier alpha value is -3.00. The number of hydrogen-bond acceptors (Lipinski definition) is 9. The van der Waals surface area contributed by atoms with E-state index >= 15 is 0 Å². The van der Waals surface area contributed by atoms with E-state index < -0.39 is 53.0 Å². The van der Waals surface area contributed by atoms with Crippen LogP contribution < -0.4 is 0 Å². The highest BCUT2D eigenvalue weighted by molar-refractivity contribution is 8.22. The van der Waals surface area contributed by atoms with E-state index in [0.717, 1.165) is 0 Å². The maximum absolute atomic E-state index is 14.2. The molecule has 1 aliphatic rings. The molecule has 0 aliphatic carbocycles. The van der Waals surface area contributed by atoms with Crippen LogP contribution in [0.2, 0.25) is 0 Å². The van der Waals surface area contributed by atoms with Crippen LogP contribution in [0.1, 0.15) is 39.3 Å². The van der Waals surface area contributed by atoms with Crippen molar-refractivity contribution in [2.75, 3.05) is 19.8 Å². The summed E-state index contributed by atoms with van der Waals surface area (Å²) in [5.74, 6) is -1.11. The highest BCUT2D eigenvalue weighted by Gasteiger charge is 2.44. The van der Waals surface area contributed by atoms with Crippen LogP contribution in [-0.2, 0) is 14.3 Å². The smallest absolute Gasteiger partial charge is 0.419 e. The summed E-state index contributed by atoms with van der Waals surface area (Å²) in [6, 6.07) is 8.05. The maximum Gasteiger partial charge on any atom is 0.419 e. The van der Waals surface area contributed by atoms with E-state index in [0.29, 0.717) is 27.6 Å². The molecule has 2 unspecified atom stereocenters. The first kappa shape index (κ1) is 28.0. The minimum absolute atomic E-state index is 0.186. The molecule has 0 bridgehead atoms. The number of rotatable bonds is 6. The molecule has 2 aromatic carbocycles. The number of benzene rings is 2. The number of aliphatic hydroxyl groups is 2. The molecule has 0 saturated heterocycles. The zero-order valence-corrected chi connectivity index (χ0v) is 22.2. The third-order valence-corrected chi connectivity index (χ3v) is 8.07. The Kier molecular flexibility index (Phi) is 7.58. The average molecular weight is 551 g/mol. The molecule has 4 N–H and O–H groups in total. The lowest BCUT2D eigenvalue weighted by Gasteiger charge is -2.40. The fourth-order valence-electron chi connectivity index (χ4n) is 4.44. The normalized spacial score (nSPS) is 18.7. The van der Waals surface area contributed by atoms with Gasteiger partial charge in [-0.3, -0.25) is 18.5 Å². The topological polar surface area (TPSA) is 142 Å². The summed E-state index contributed by atoms with van der Waals surface area (Å²) in [6.07, 6.45) is -0.427. The summed E-state index contributed by atoms with van der Waals surface area (Å²) in [6.45, 7) is 5.27. The van der Waals surface area contributed by atoms with Crippen molar-refractivity contribution in [3.63, 3.8) is 0 Å². The zero-order chi connectivity index (χ0) is 28.0. The van der Waals surface area contributed by atoms with Gasteiger partial charge in [0.15, 0.2) is 0 Å². The third-order valence-electron chi connectivity index (χ3n) is 6.05. The lowest BCUT2D eigenvalue weighted by atomic mass is 9.99. The van der Waals surface area contributed by atoms with Crippen LogP contribution in [0.15, 0.2) is 47.5 Å². The van der Waals surface area contributed by atoms with Crippen LogP contribution in [0, 0.1) is 5.82 Å². The van der Waals surface area contributed by atoms with Crippen molar-refractivity contribution in [1.82, 2.24) is 8.87 Å². The van der Waals surface area contributed by atoms with Crippen LogP contribution in [0.25, 0.3) is 22.0 Å². The van der Waals surface area contributed by atoms with Gasteiger partial charge in [0.25, 0.3) is 0 Å². The fourth-order valence-corrected chi connectivity index (χ4v) is 6.37. The van der Waals surface area contributed by atoms with E-state index in [1.807, 2.05) is 0 Å². The summed E-state index contributed by atoms with van der Waals surface area (Å²) < 4.78 is 49.4. The van der Waals surface area contributed by atoms with Gasteiger partial charge in [0.2, 0.25) is 0 Å². The van der Waals surface area contributed by atoms with Gasteiger partial charge < -0.3 is 19.7 Å². The Labute approximate surface area is 220 Å². The number of ether oxygens (including phenoxy) is 2. The molecule has 3 aromatic rings. The van der Waals surface area contributed by atoms with Crippen molar-refractivity contribution in [3.05, 3.63) is 54.0 Å². The second kappa shape index (κ2) is 10.3. The van der Waals surface area contributed by atoms with E-state index in [1.54, 1.807) is 39.0 Å². The molecule has 1 aliphatic heterocycles. The average Bonchev–Trinajstić information content (AvgIpc) is 3.29. The molecule has 4 rings (SSSR count). The number of hydrogen-bond donors (Lipinski definition) is 4. The number of nitrogens with zero attached hydrogens (tertiary/aromatic N) is 2. The third kappa shape index (κ3) is 5.41. The van der Waals surface area contributed by atoms with Gasteiger partial charge in [0.05, 0.1) is 29.2 Å². The van der Waals surface area contributed by atoms with Gasteiger partial charge in [-0.25, -0.2) is 9.18 Å². The van der Waals surface area contributed by atoms with Gasteiger partial charge in [-0.05, 0) is 62.2 Å². The zero-order valence-electron chi connectivity index (χ0n) is 21.4. The van der Waals surface area contributed by atoms with E-state index in [-0.39, 0.29) is 18.0 Å². The lowest BCUT2D eigenvalue weighted by molar-refractivity contribution is -0.142. The monoisotopic (exact) mass is 550 g/mol. The van der Waals surface area contributed by atoms with Gasteiger partial charge in [-0.15, -0.1) is 10.8 Å². The van der Waals surface area contributed by atoms with Crippen LogP contribution in [-0.4, -0.2) is 71.7 Å². The standard InChI is InChI=1S/C26H31FN2O8S/c1-15(31)36-14-23-20-9-16(5-8-24(20)38(34,35)29(23)11-18(32)13-30)21-12-28(25(33)37-26(2,3)4)22-10-17(27)6-7-19(21)22/h5-10,12,18,23,30,32,34-35H,11,13-14H2,1-4H3. The molecule has 206 valence electrons. The molecule has 0 spiro atoms. The molecule has 0 saturated carbocycles. The number of fused-ring (bicyclic) bond motifs is 2. The van der Waals surface area contributed by atoms with Crippen molar-refractivity contribution in [1.29, 1.82) is 0 Å². The van der Waals surface area contributed by atoms with Crippen LogP contribution in [0.4, 0.5) is 9.18 Å². The van der Waals surface area contributed by atoms with Gasteiger partial charge in [0.1, 0.15) is 18.0 Å². The number of aromatic nitrogens is 1. The van der Waals surface area contributed by atoms with Crippen molar-refractivity contribution in [2.45, 2.75) is 50.3 Å². The van der Waals surface area contributed by atoms with Crippen molar-refractivity contribution in [3.8, 4) is 11.1 Å². The van der Waals surface area contributed by atoms with Gasteiger partial charge in [-0.1, -0.05) is 6.07 Å². The summed E-state index contributed by atoms with van der Waals surface area (Å²) in [7, 11) is -3.58. The van der Waals surface area contributed by atoms with Crippen LogP contribution in [0.5, 0.6) is 0 Å². The fraction of sp³-hybridized carbons (Fsp3) is 0.385. The van der Waals surface area contributed by atoms with E-state index in [9.17, 15) is 33.3 Å². The first-order chi connectivity index (χ1) is 17.7. The molecule has 0 fully saturated rings. The highest BCUT2D eigenvalue weighted by Crippen LogP contribution is 2.63. The van der Waals surface area contributed by atoms with E-state index in [1.165, 1.54) is 40.2 Å². The minimum atomic E-state index is -3.58.